The van der Waals surface area contributed by atoms with E-state index in [0.29, 0.717) is 35.3 Å². The number of anilines is 1. The standard InChI is InChI=1S/C26H29N3O5/c1-16(2)19-7-5-17(6-8-19)15-34-25-23(32-3)11-18(12-24(25)33-4)14-28-29-26(31)20-9-10-22(30)21(27)13-20/h5-14,16,30H,15,27H2,1-4H3,(H,29,31)/b28-14+. The van der Waals surface area contributed by atoms with Crippen molar-refractivity contribution in [2.45, 2.75) is 26.4 Å². The van der Waals surface area contributed by atoms with E-state index in [1.165, 1.54) is 44.2 Å². The van der Waals surface area contributed by atoms with E-state index in [9.17, 15) is 9.90 Å². The molecule has 0 saturated heterocycles. The largest absolute Gasteiger partial charge is 0.506 e. The van der Waals surface area contributed by atoms with E-state index in [1.807, 2.05) is 12.1 Å². The quantitative estimate of drug-likeness (QED) is 0.187. The van der Waals surface area contributed by atoms with Crippen LogP contribution in [0.5, 0.6) is 23.0 Å². The Morgan fingerprint density at radius 1 is 1.06 bits per heavy atom. The zero-order valence-electron chi connectivity index (χ0n) is 19.7. The molecule has 3 aromatic rings. The third kappa shape index (κ3) is 5.98. The van der Waals surface area contributed by atoms with Gasteiger partial charge < -0.3 is 25.1 Å². The van der Waals surface area contributed by atoms with Gasteiger partial charge in [-0.3, -0.25) is 4.79 Å². The van der Waals surface area contributed by atoms with Crippen molar-refractivity contribution in [1.82, 2.24) is 5.43 Å². The molecule has 8 nitrogen and oxygen atoms in total. The number of ether oxygens (including phenoxy) is 3. The van der Waals surface area contributed by atoms with Crippen LogP contribution < -0.4 is 25.4 Å². The first-order valence-corrected chi connectivity index (χ1v) is 10.7. The molecule has 4 N–H and O–H groups in total. The lowest BCUT2D eigenvalue weighted by Crippen LogP contribution is -2.17. The number of phenolic OH excluding ortho intramolecular Hbond substituents is 1. The predicted molar refractivity (Wildman–Crippen MR) is 132 cm³/mol. The molecule has 8 heteroatoms. The normalized spacial score (nSPS) is 11.0. The number of amides is 1. The Morgan fingerprint density at radius 3 is 2.26 bits per heavy atom. The Morgan fingerprint density at radius 2 is 1.71 bits per heavy atom. The van der Waals surface area contributed by atoms with Crippen molar-refractivity contribution in [3.8, 4) is 23.0 Å². The lowest BCUT2D eigenvalue weighted by atomic mass is 10.0. The molecule has 0 aliphatic carbocycles. The summed E-state index contributed by atoms with van der Waals surface area (Å²) in [6, 6.07) is 15.9. The SMILES string of the molecule is COc1cc(/C=N/NC(=O)c2ccc(O)c(N)c2)cc(OC)c1OCc1ccc(C(C)C)cc1. The minimum atomic E-state index is -0.467. The van der Waals surface area contributed by atoms with E-state index in [-0.39, 0.29) is 17.0 Å². The summed E-state index contributed by atoms with van der Waals surface area (Å²) in [5.41, 5.74) is 11.4. The third-order valence-corrected chi connectivity index (χ3v) is 5.18. The maximum absolute atomic E-state index is 12.2. The molecular formula is C26H29N3O5. The third-order valence-electron chi connectivity index (χ3n) is 5.18. The van der Waals surface area contributed by atoms with Crippen LogP contribution in [0.25, 0.3) is 0 Å². The number of benzene rings is 3. The Kier molecular flexibility index (Phi) is 7.97. The second-order valence-electron chi connectivity index (χ2n) is 7.91. The highest BCUT2D eigenvalue weighted by molar-refractivity contribution is 5.96. The Hall–Kier alpha value is -4.20. The van der Waals surface area contributed by atoms with Crippen LogP contribution >= 0.6 is 0 Å². The number of hydrogen-bond donors (Lipinski definition) is 3. The molecule has 3 rings (SSSR count). The van der Waals surface area contributed by atoms with Crippen LogP contribution in [0, 0.1) is 0 Å². The van der Waals surface area contributed by atoms with E-state index in [1.54, 1.807) is 12.1 Å². The zero-order valence-corrected chi connectivity index (χ0v) is 19.7. The summed E-state index contributed by atoms with van der Waals surface area (Å²) in [5.74, 6) is 1.32. The number of nitrogens with two attached hydrogens (primary N) is 1. The molecule has 0 saturated carbocycles. The van der Waals surface area contributed by atoms with Gasteiger partial charge in [-0.15, -0.1) is 0 Å². The number of hydrazone groups is 1. The fraction of sp³-hybridized carbons (Fsp3) is 0.231. The summed E-state index contributed by atoms with van der Waals surface area (Å²) in [6.07, 6.45) is 1.46. The number of methoxy groups -OCH3 is 2. The number of rotatable bonds is 9. The summed E-state index contributed by atoms with van der Waals surface area (Å²) in [5, 5.41) is 13.5. The summed E-state index contributed by atoms with van der Waals surface area (Å²) < 4.78 is 17.0. The lowest BCUT2D eigenvalue weighted by molar-refractivity contribution is 0.0955. The van der Waals surface area contributed by atoms with Gasteiger partial charge in [0.25, 0.3) is 5.91 Å². The van der Waals surface area contributed by atoms with Gasteiger partial charge in [-0.1, -0.05) is 38.1 Å². The first-order valence-electron chi connectivity index (χ1n) is 10.7. The van der Waals surface area contributed by atoms with E-state index in [4.69, 9.17) is 19.9 Å². The molecule has 0 aliphatic heterocycles. The summed E-state index contributed by atoms with van der Waals surface area (Å²) >= 11 is 0. The maximum Gasteiger partial charge on any atom is 0.271 e. The molecule has 0 atom stereocenters. The minimum absolute atomic E-state index is 0.0888. The van der Waals surface area contributed by atoms with Crippen LogP contribution in [0.3, 0.4) is 0 Å². The Balaban J connectivity index is 1.72. The molecule has 0 aromatic heterocycles. The highest BCUT2D eigenvalue weighted by atomic mass is 16.5. The van der Waals surface area contributed by atoms with E-state index >= 15 is 0 Å². The number of carbonyl (C=O) groups excluding carboxylic acids is 1. The minimum Gasteiger partial charge on any atom is -0.506 e. The molecule has 0 radical (unpaired) electrons. The fourth-order valence-corrected chi connectivity index (χ4v) is 3.20. The first-order chi connectivity index (χ1) is 16.3. The van der Waals surface area contributed by atoms with Gasteiger partial charge in [0.05, 0.1) is 26.1 Å². The highest BCUT2D eigenvalue weighted by Gasteiger charge is 2.14. The lowest BCUT2D eigenvalue weighted by Gasteiger charge is -2.15. The van der Waals surface area contributed by atoms with Crippen LogP contribution in [-0.2, 0) is 6.61 Å². The van der Waals surface area contributed by atoms with Gasteiger partial charge >= 0.3 is 0 Å². The van der Waals surface area contributed by atoms with Crippen molar-refractivity contribution in [1.29, 1.82) is 0 Å². The highest BCUT2D eigenvalue weighted by Crippen LogP contribution is 2.38. The fourth-order valence-electron chi connectivity index (χ4n) is 3.20. The number of nitrogens with one attached hydrogen (secondary N) is 1. The molecule has 34 heavy (non-hydrogen) atoms. The molecular weight excluding hydrogens is 434 g/mol. The number of carbonyl (C=O) groups is 1. The number of aromatic hydroxyl groups is 1. The first kappa shape index (κ1) is 24.4. The van der Waals surface area contributed by atoms with Crippen LogP contribution in [0.2, 0.25) is 0 Å². The van der Waals surface area contributed by atoms with Crippen molar-refractivity contribution in [2.75, 3.05) is 20.0 Å². The van der Waals surface area contributed by atoms with Crippen molar-refractivity contribution in [3.05, 3.63) is 76.9 Å². The molecule has 0 spiro atoms. The second-order valence-corrected chi connectivity index (χ2v) is 7.91. The van der Waals surface area contributed by atoms with E-state index < -0.39 is 5.91 Å². The molecule has 1 amide bonds. The van der Waals surface area contributed by atoms with Gasteiger partial charge in [-0.25, -0.2) is 5.43 Å². The molecule has 0 unspecified atom stereocenters. The molecule has 0 aliphatic rings. The molecule has 0 heterocycles. The Labute approximate surface area is 199 Å². The van der Waals surface area contributed by atoms with Crippen molar-refractivity contribution in [3.63, 3.8) is 0 Å². The van der Waals surface area contributed by atoms with E-state index in [2.05, 4.69) is 36.5 Å². The molecule has 0 bridgehead atoms. The van der Waals surface area contributed by atoms with Crippen molar-refractivity contribution in [2.24, 2.45) is 5.10 Å². The average molecular weight is 464 g/mol. The second kappa shape index (κ2) is 11.1. The van der Waals surface area contributed by atoms with E-state index in [0.717, 1.165) is 5.56 Å². The number of phenols is 1. The summed E-state index contributed by atoms with van der Waals surface area (Å²) in [7, 11) is 3.08. The van der Waals surface area contributed by atoms with Crippen LogP contribution in [0.15, 0.2) is 59.7 Å². The van der Waals surface area contributed by atoms with Crippen LogP contribution in [-0.4, -0.2) is 31.4 Å². The van der Waals surface area contributed by atoms with Gasteiger partial charge in [0.1, 0.15) is 12.4 Å². The van der Waals surface area contributed by atoms with Crippen molar-refractivity contribution < 1.29 is 24.1 Å². The van der Waals surface area contributed by atoms with Gasteiger partial charge in [0.15, 0.2) is 11.5 Å². The topological polar surface area (TPSA) is 115 Å². The van der Waals surface area contributed by atoms with Gasteiger partial charge in [0.2, 0.25) is 5.75 Å². The zero-order chi connectivity index (χ0) is 24.7. The van der Waals surface area contributed by atoms with Gasteiger partial charge in [-0.2, -0.15) is 5.10 Å². The monoisotopic (exact) mass is 463 g/mol. The Bertz CT molecular complexity index is 1150. The van der Waals surface area contributed by atoms with Crippen LogP contribution in [0.1, 0.15) is 46.8 Å². The molecule has 0 fully saturated rings. The van der Waals surface area contributed by atoms with Gasteiger partial charge in [-0.05, 0) is 47.4 Å². The smallest absolute Gasteiger partial charge is 0.271 e. The predicted octanol–water partition coefficient (Wildman–Crippen LogP) is 4.46. The van der Waals surface area contributed by atoms with Crippen LogP contribution in [0.4, 0.5) is 5.69 Å². The van der Waals surface area contributed by atoms with Gasteiger partial charge in [0, 0.05) is 11.1 Å². The summed E-state index contributed by atoms with van der Waals surface area (Å²) in [6.45, 7) is 4.66. The molecule has 178 valence electrons. The maximum atomic E-state index is 12.2. The number of hydrogen-bond acceptors (Lipinski definition) is 7. The average Bonchev–Trinajstić information content (AvgIpc) is 2.84. The van der Waals surface area contributed by atoms with Crippen molar-refractivity contribution >= 4 is 17.8 Å². The number of nitrogen functional groups attached to an aromatic ring is 1. The summed E-state index contributed by atoms with van der Waals surface area (Å²) in [4.78, 5) is 12.2. The number of nitrogens with zero attached hydrogens (tertiary/aromatic N) is 1. The molecule has 3 aromatic carbocycles.